The van der Waals surface area contributed by atoms with Crippen molar-refractivity contribution in [3.63, 3.8) is 0 Å². The number of halogens is 1. The highest BCUT2D eigenvalue weighted by molar-refractivity contribution is 6.30. The molecular formula is C22H25ClN4O3. The zero-order valence-electron chi connectivity index (χ0n) is 17.1. The van der Waals surface area contributed by atoms with Gasteiger partial charge in [-0.05, 0) is 44.0 Å². The van der Waals surface area contributed by atoms with Gasteiger partial charge in [-0.3, -0.25) is 14.4 Å². The van der Waals surface area contributed by atoms with Crippen molar-refractivity contribution in [1.82, 2.24) is 14.8 Å². The number of hydrogen-bond acceptors (Lipinski definition) is 4. The number of amides is 2. The lowest BCUT2D eigenvalue weighted by Gasteiger charge is -2.48. The van der Waals surface area contributed by atoms with Crippen LogP contribution in [0.15, 0.2) is 47.4 Å². The van der Waals surface area contributed by atoms with Crippen LogP contribution < -0.4 is 10.5 Å². The van der Waals surface area contributed by atoms with E-state index in [2.05, 4.69) is 4.98 Å². The average molecular weight is 429 g/mol. The summed E-state index contributed by atoms with van der Waals surface area (Å²) in [6.07, 6.45) is 2.11. The molecule has 0 unspecified atom stereocenters. The molecule has 2 amide bonds. The van der Waals surface area contributed by atoms with Crippen LogP contribution in [0.5, 0.6) is 0 Å². The molecule has 158 valence electrons. The van der Waals surface area contributed by atoms with Gasteiger partial charge in [-0.15, -0.1) is 0 Å². The Hall–Kier alpha value is -2.80. The van der Waals surface area contributed by atoms with Gasteiger partial charge in [-0.25, -0.2) is 0 Å². The number of rotatable bonds is 4. The molecule has 0 saturated carbocycles. The number of carbonyl (C=O) groups is 2. The molecule has 2 saturated heterocycles. The highest BCUT2D eigenvalue weighted by atomic mass is 35.5. The van der Waals surface area contributed by atoms with Gasteiger partial charge in [0.1, 0.15) is 12.1 Å². The van der Waals surface area contributed by atoms with E-state index in [1.807, 2.05) is 36.9 Å². The highest BCUT2D eigenvalue weighted by Crippen LogP contribution is 2.37. The van der Waals surface area contributed by atoms with Crippen LogP contribution >= 0.6 is 11.6 Å². The monoisotopic (exact) mass is 428 g/mol. The van der Waals surface area contributed by atoms with Crippen LogP contribution in [0.25, 0.3) is 0 Å². The van der Waals surface area contributed by atoms with Crippen molar-refractivity contribution < 1.29 is 9.59 Å². The summed E-state index contributed by atoms with van der Waals surface area (Å²) in [5, 5.41) is 0.627. The molecule has 1 spiro atoms. The van der Waals surface area contributed by atoms with Crippen molar-refractivity contribution in [2.24, 2.45) is 0 Å². The number of hydrogen-bond donors (Lipinski definition) is 1. The zero-order valence-corrected chi connectivity index (χ0v) is 17.9. The summed E-state index contributed by atoms with van der Waals surface area (Å²) in [4.78, 5) is 46.7. The Balaban J connectivity index is 1.70. The van der Waals surface area contributed by atoms with Crippen LogP contribution in [0, 0.1) is 0 Å². The minimum absolute atomic E-state index is 0.0293. The topological polar surface area (TPSA) is 76.7 Å². The van der Waals surface area contributed by atoms with Gasteiger partial charge in [0.05, 0.1) is 6.54 Å². The molecule has 3 heterocycles. The molecule has 7 nitrogen and oxygen atoms in total. The van der Waals surface area contributed by atoms with Crippen LogP contribution in [-0.2, 0) is 16.1 Å². The third-order valence-corrected chi connectivity index (χ3v) is 6.28. The second-order valence-electron chi connectivity index (χ2n) is 8.25. The molecule has 0 bridgehead atoms. The maximum absolute atomic E-state index is 13.7. The third kappa shape index (κ3) is 3.58. The quantitative estimate of drug-likeness (QED) is 0.810. The van der Waals surface area contributed by atoms with Gasteiger partial charge < -0.3 is 19.7 Å². The highest BCUT2D eigenvalue weighted by Gasteiger charge is 2.56. The summed E-state index contributed by atoms with van der Waals surface area (Å²) < 4.78 is 0. The molecule has 1 atom stereocenters. The minimum Gasteiger partial charge on any atom is -0.368 e. The van der Waals surface area contributed by atoms with Crippen LogP contribution in [0.2, 0.25) is 5.02 Å². The van der Waals surface area contributed by atoms with Crippen LogP contribution in [0.1, 0.15) is 25.8 Å². The number of H-pyrrole nitrogens is 1. The molecule has 0 aliphatic carbocycles. The van der Waals surface area contributed by atoms with E-state index in [4.69, 9.17) is 11.6 Å². The molecule has 2 aliphatic rings. The lowest BCUT2D eigenvalue weighted by atomic mass is 9.89. The number of piperazine rings is 1. The fourth-order valence-electron chi connectivity index (χ4n) is 4.39. The van der Waals surface area contributed by atoms with Gasteiger partial charge >= 0.3 is 0 Å². The van der Waals surface area contributed by atoms with Gasteiger partial charge in [0.25, 0.3) is 5.91 Å². The molecule has 2 aliphatic heterocycles. The largest absolute Gasteiger partial charge is 0.368 e. The molecule has 1 aromatic carbocycles. The first kappa shape index (κ1) is 20.5. The van der Waals surface area contributed by atoms with E-state index >= 15 is 0 Å². The first-order chi connectivity index (χ1) is 14.3. The molecule has 1 aromatic heterocycles. The van der Waals surface area contributed by atoms with E-state index in [0.717, 1.165) is 11.3 Å². The van der Waals surface area contributed by atoms with Crippen LogP contribution in [-0.4, -0.2) is 57.8 Å². The maximum atomic E-state index is 13.7. The summed E-state index contributed by atoms with van der Waals surface area (Å²) in [6, 6.07) is 10.6. The van der Waals surface area contributed by atoms with Crippen molar-refractivity contribution in [3.05, 3.63) is 63.5 Å². The number of aromatic nitrogens is 1. The number of carbonyl (C=O) groups excluding carboxylic acids is 2. The lowest BCUT2D eigenvalue weighted by molar-refractivity contribution is -0.166. The van der Waals surface area contributed by atoms with E-state index in [1.54, 1.807) is 28.1 Å². The summed E-state index contributed by atoms with van der Waals surface area (Å²) in [7, 11) is 0. The Kier molecular flexibility index (Phi) is 5.32. The standard InChI is InChI=1S/C22H25ClN4O3/c1-15(2)26-13-20(29)27(12-16-3-5-17(23)6-4-16)22(21(26)30)8-10-25(14-22)18-7-9-24-19(28)11-18/h3-7,9,11,15H,8,10,12-14H2,1-2H3,(H,24,28)/t22-/m0/s1. The third-order valence-electron chi connectivity index (χ3n) is 6.03. The maximum Gasteiger partial charge on any atom is 0.251 e. The van der Waals surface area contributed by atoms with E-state index in [-0.39, 0.29) is 30.0 Å². The van der Waals surface area contributed by atoms with Crippen LogP contribution in [0.3, 0.4) is 0 Å². The Morgan fingerprint density at radius 2 is 1.87 bits per heavy atom. The molecule has 2 fully saturated rings. The average Bonchev–Trinajstić information content (AvgIpc) is 3.16. The van der Waals surface area contributed by atoms with Crippen molar-refractivity contribution in [2.75, 3.05) is 24.5 Å². The van der Waals surface area contributed by atoms with Gasteiger partial charge in [0, 0.05) is 42.1 Å². The summed E-state index contributed by atoms with van der Waals surface area (Å²) in [5.41, 5.74) is 0.528. The number of pyridine rings is 1. The molecular weight excluding hydrogens is 404 g/mol. The lowest BCUT2D eigenvalue weighted by Crippen LogP contribution is -2.69. The summed E-state index contributed by atoms with van der Waals surface area (Å²) >= 11 is 6.00. The van der Waals surface area contributed by atoms with Gasteiger partial charge in [-0.2, -0.15) is 0 Å². The second kappa shape index (κ2) is 7.80. The molecule has 0 radical (unpaired) electrons. The number of nitrogens with one attached hydrogen (secondary N) is 1. The first-order valence-electron chi connectivity index (χ1n) is 10.1. The van der Waals surface area contributed by atoms with Crippen molar-refractivity contribution >= 4 is 29.1 Å². The fourth-order valence-corrected chi connectivity index (χ4v) is 4.52. The Morgan fingerprint density at radius 1 is 1.13 bits per heavy atom. The smallest absolute Gasteiger partial charge is 0.251 e. The van der Waals surface area contributed by atoms with Gasteiger partial charge in [-0.1, -0.05) is 23.7 Å². The van der Waals surface area contributed by atoms with E-state index in [9.17, 15) is 14.4 Å². The van der Waals surface area contributed by atoms with E-state index in [1.165, 1.54) is 6.07 Å². The normalized spacial score (nSPS) is 21.9. The zero-order chi connectivity index (χ0) is 21.5. The Bertz CT molecular complexity index is 1020. The first-order valence-corrected chi connectivity index (χ1v) is 10.5. The number of nitrogens with zero attached hydrogens (tertiary/aromatic N) is 3. The van der Waals surface area contributed by atoms with Gasteiger partial charge in [0.15, 0.2) is 0 Å². The Labute approximate surface area is 180 Å². The predicted molar refractivity (Wildman–Crippen MR) is 115 cm³/mol. The second-order valence-corrected chi connectivity index (χ2v) is 8.68. The van der Waals surface area contributed by atoms with E-state index in [0.29, 0.717) is 31.1 Å². The van der Waals surface area contributed by atoms with Crippen molar-refractivity contribution in [1.29, 1.82) is 0 Å². The Morgan fingerprint density at radius 3 is 2.53 bits per heavy atom. The van der Waals surface area contributed by atoms with Gasteiger partial charge in [0.2, 0.25) is 11.5 Å². The predicted octanol–water partition coefficient (Wildman–Crippen LogP) is 2.26. The van der Waals surface area contributed by atoms with Crippen molar-refractivity contribution in [2.45, 2.75) is 38.4 Å². The van der Waals surface area contributed by atoms with E-state index < -0.39 is 5.54 Å². The summed E-state index contributed by atoms with van der Waals surface area (Å²) in [5.74, 6) is -0.0931. The minimum atomic E-state index is -0.957. The molecule has 4 rings (SSSR count). The SMILES string of the molecule is CC(C)N1CC(=O)N(Cc2ccc(Cl)cc2)[C@]2(CCN(c3cc[nH]c(=O)c3)C2)C1=O. The number of benzene rings is 1. The number of anilines is 1. The molecule has 2 aromatic rings. The molecule has 30 heavy (non-hydrogen) atoms. The van der Waals surface area contributed by atoms with Crippen molar-refractivity contribution in [3.8, 4) is 0 Å². The van der Waals surface area contributed by atoms with Crippen LogP contribution in [0.4, 0.5) is 5.69 Å². The summed E-state index contributed by atoms with van der Waals surface area (Å²) in [6.45, 7) is 5.23. The number of aromatic amines is 1. The molecule has 8 heteroatoms. The fraction of sp³-hybridized carbons (Fsp3) is 0.409. The molecule has 1 N–H and O–H groups in total.